The highest BCUT2D eigenvalue weighted by molar-refractivity contribution is 7.90. The summed E-state index contributed by atoms with van der Waals surface area (Å²) in [7, 11) is -2.31. The highest BCUT2D eigenvalue weighted by Gasteiger charge is 2.57. The Labute approximate surface area is 210 Å². The van der Waals surface area contributed by atoms with Gasteiger partial charge in [-0.2, -0.15) is 15.5 Å². The lowest BCUT2D eigenvalue weighted by Gasteiger charge is -2.49. The van der Waals surface area contributed by atoms with Gasteiger partial charge in [-0.25, -0.2) is 22.6 Å². The SMILES string of the molecule is CC1CC(CN2C(=O)N(CC3CNN(C)C3)C(=O)C3CC(S(=O)(=O)NC4(C#N)CC4)C(F)CC32)ON1. The van der Waals surface area contributed by atoms with Crippen molar-refractivity contribution in [3.05, 3.63) is 0 Å². The molecule has 3 aliphatic heterocycles. The van der Waals surface area contributed by atoms with E-state index in [1.807, 2.05) is 25.0 Å². The number of urea groups is 1. The van der Waals surface area contributed by atoms with Crippen LogP contribution in [0.25, 0.3) is 0 Å². The van der Waals surface area contributed by atoms with Crippen molar-refractivity contribution < 1.29 is 27.2 Å². The van der Waals surface area contributed by atoms with Crippen molar-refractivity contribution in [2.45, 2.75) is 74.2 Å². The Bertz CT molecular complexity index is 1050. The second kappa shape index (κ2) is 9.45. The van der Waals surface area contributed by atoms with Gasteiger partial charge in [0.2, 0.25) is 15.9 Å². The number of fused-ring (bicyclic) bond motifs is 1. The molecule has 2 aliphatic carbocycles. The standard InChI is InChI=1S/C22H34FN7O5S/c1-13-5-15(35-26-13)11-29-18-7-17(23)19(36(33,34)27-22(12-24)3-4-22)6-16(18)20(31)30(21(29)32)10-14-8-25-28(2)9-14/h13-19,25-27H,3-11H2,1-2H3. The third-order valence-electron chi connectivity index (χ3n) is 8.06. The minimum atomic E-state index is -4.19. The number of nitrogens with zero attached hydrogens (tertiary/aromatic N) is 4. The van der Waals surface area contributed by atoms with E-state index in [0.717, 1.165) is 0 Å². The zero-order valence-electron chi connectivity index (χ0n) is 20.5. The Morgan fingerprint density at radius 1 is 1.25 bits per heavy atom. The molecular formula is C22H34FN7O5S. The van der Waals surface area contributed by atoms with Gasteiger partial charge in [0.05, 0.1) is 24.6 Å². The van der Waals surface area contributed by atoms with Crippen LogP contribution in [-0.4, -0.2) is 104 Å². The predicted molar refractivity (Wildman–Crippen MR) is 125 cm³/mol. The number of nitriles is 1. The van der Waals surface area contributed by atoms with E-state index < -0.39 is 50.9 Å². The number of nitrogens with one attached hydrogen (secondary N) is 3. The first-order valence-corrected chi connectivity index (χ1v) is 14.1. The van der Waals surface area contributed by atoms with Gasteiger partial charge in [0.1, 0.15) is 17.0 Å². The van der Waals surface area contributed by atoms with Gasteiger partial charge in [0.25, 0.3) is 0 Å². The smallest absolute Gasteiger partial charge is 0.318 e. The molecule has 200 valence electrons. The lowest BCUT2D eigenvalue weighted by Crippen LogP contribution is -2.67. The summed E-state index contributed by atoms with van der Waals surface area (Å²) >= 11 is 0. The fourth-order valence-corrected chi connectivity index (χ4v) is 7.84. The lowest BCUT2D eigenvalue weighted by molar-refractivity contribution is -0.142. The molecule has 14 heteroatoms. The number of carbonyl (C=O) groups is 2. The highest BCUT2D eigenvalue weighted by atomic mass is 32.2. The molecule has 0 aromatic rings. The molecule has 0 aromatic carbocycles. The second-order valence-corrected chi connectivity index (χ2v) is 12.9. The Hall–Kier alpha value is -1.89. The maximum atomic E-state index is 15.5. The summed E-state index contributed by atoms with van der Waals surface area (Å²) < 4.78 is 44.0. The molecule has 5 fully saturated rings. The van der Waals surface area contributed by atoms with Gasteiger partial charge in [-0.05, 0) is 32.6 Å². The van der Waals surface area contributed by atoms with Crippen LogP contribution in [-0.2, 0) is 19.7 Å². The topological polar surface area (TPSA) is 147 Å². The monoisotopic (exact) mass is 527 g/mol. The van der Waals surface area contributed by atoms with Gasteiger partial charge in [0.15, 0.2) is 0 Å². The zero-order chi connectivity index (χ0) is 25.8. The number of sulfonamides is 1. The van der Waals surface area contributed by atoms with Crippen LogP contribution in [0.2, 0.25) is 0 Å². The van der Waals surface area contributed by atoms with Crippen molar-refractivity contribution in [3.63, 3.8) is 0 Å². The van der Waals surface area contributed by atoms with Gasteiger partial charge < -0.3 is 4.90 Å². The zero-order valence-corrected chi connectivity index (χ0v) is 21.3. The predicted octanol–water partition coefficient (Wildman–Crippen LogP) is -0.540. The summed E-state index contributed by atoms with van der Waals surface area (Å²) in [4.78, 5) is 35.5. The number of imide groups is 1. The fourth-order valence-electron chi connectivity index (χ4n) is 5.93. The normalized spacial score (nSPS) is 38.8. The van der Waals surface area contributed by atoms with Crippen molar-refractivity contribution in [2.24, 2.45) is 11.8 Å². The van der Waals surface area contributed by atoms with Crippen LogP contribution < -0.4 is 15.6 Å². The van der Waals surface area contributed by atoms with Crippen molar-refractivity contribution in [1.82, 2.24) is 30.4 Å². The summed E-state index contributed by atoms with van der Waals surface area (Å²) in [6.45, 7) is 3.60. The number of alkyl halides is 1. The molecule has 3 N–H and O–H groups in total. The van der Waals surface area contributed by atoms with E-state index in [2.05, 4.69) is 15.6 Å². The molecule has 36 heavy (non-hydrogen) atoms. The number of hydroxylamine groups is 1. The largest absolute Gasteiger partial charge is 0.327 e. The number of halogens is 1. The Kier molecular flexibility index (Phi) is 6.76. The number of amides is 3. The summed E-state index contributed by atoms with van der Waals surface area (Å²) in [6.07, 6.45) is -1.18. The van der Waals surface area contributed by atoms with E-state index in [4.69, 9.17) is 4.84 Å². The minimum absolute atomic E-state index is 0.0229. The van der Waals surface area contributed by atoms with Gasteiger partial charge in [-0.15, -0.1) is 0 Å². The highest BCUT2D eigenvalue weighted by Crippen LogP contribution is 2.41. The number of carbonyl (C=O) groups excluding carboxylic acids is 2. The number of hydrogen-bond donors (Lipinski definition) is 3. The van der Waals surface area contributed by atoms with E-state index in [1.54, 1.807) is 0 Å². The fraction of sp³-hybridized carbons (Fsp3) is 0.864. The van der Waals surface area contributed by atoms with Gasteiger partial charge >= 0.3 is 6.03 Å². The molecule has 7 unspecified atom stereocenters. The average Bonchev–Trinajstić information content (AvgIpc) is 3.26. The van der Waals surface area contributed by atoms with E-state index in [0.29, 0.717) is 32.4 Å². The molecule has 3 saturated heterocycles. The molecule has 5 rings (SSSR count). The van der Waals surface area contributed by atoms with Crippen LogP contribution in [0.1, 0.15) is 39.0 Å². The quantitative estimate of drug-likeness (QED) is 0.397. The molecule has 3 amide bonds. The third-order valence-corrected chi connectivity index (χ3v) is 10.0. The lowest BCUT2D eigenvalue weighted by atomic mass is 9.79. The van der Waals surface area contributed by atoms with Crippen LogP contribution in [0.3, 0.4) is 0 Å². The van der Waals surface area contributed by atoms with Crippen LogP contribution in [0.5, 0.6) is 0 Å². The molecule has 0 aromatic heterocycles. The van der Waals surface area contributed by atoms with Crippen LogP contribution in [0.4, 0.5) is 9.18 Å². The number of hydrazine groups is 1. The van der Waals surface area contributed by atoms with Gasteiger partial charge in [-0.3, -0.25) is 20.0 Å². The van der Waals surface area contributed by atoms with Crippen molar-refractivity contribution >= 4 is 22.0 Å². The maximum absolute atomic E-state index is 15.5. The molecular weight excluding hydrogens is 493 g/mol. The van der Waals surface area contributed by atoms with Crippen molar-refractivity contribution in [1.29, 1.82) is 5.26 Å². The minimum Gasteiger partial charge on any atom is -0.318 e. The van der Waals surface area contributed by atoms with Gasteiger partial charge in [0, 0.05) is 51.1 Å². The first kappa shape index (κ1) is 25.7. The van der Waals surface area contributed by atoms with Crippen molar-refractivity contribution in [2.75, 3.05) is 33.2 Å². The second-order valence-electron chi connectivity index (χ2n) is 11.0. The molecule has 0 radical (unpaired) electrons. The van der Waals surface area contributed by atoms with Crippen LogP contribution >= 0.6 is 0 Å². The molecule has 0 spiro atoms. The van der Waals surface area contributed by atoms with E-state index in [9.17, 15) is 23.3 Å². The molecule has 0 bridgehead atoms. The molecule has 5 aliphatic rings. The summed E-state index contributed by atoms with van der Waals surface area (Å²) in [5.74, 6) is -1.29. The van der Waals surface area contributed by atoms with E-state index in [1.165, 1.54) is 9.80 Å². The average molecular weight is 528 g/mol. The molecule has 3 heterocycles. The van der Waals surface area contributed by atoms with Crippen molar-refractivity contribution in [3.8, 4) is 6.07 Å². The first-order valence-electron chi connectivity index (χ1n) is 12.6. The summed E-state index contributed by atoms with van der Waals surface area (Å²) in [5.41, 5.74) is 4.87. The number of rotatable bonds is 7. The molecule has 7 atom stereocenters. The summed E-state index contributed by atoms with van der Waals surface area (Å²) in [5, 5.41) is 9.75. The van der Waals surface area contributed by atoms with Gasteiger partial charge in [-0.1, -0.05) is 0 Å². The maximum Gasteiger partial charge on any atom is 0.327 e. The van der Waals surface area contributed by atoms with E-state index >= 15 is 4.39 Å². The Balaban J connectivity index is 1.39. The number of hydrogen-bond acceptors (Lipinski definition) is 9. The van der Waals surface area contributed by atoms with Crippen LogP contribution in [0, 0.1) is 23.2 Å². The summed E-state index contributed by atoms with van der Waals surface area (Å²) in [6, 6.07) is 0.829. The Morgan fingerprint density at radius 2 is 2.00 bits per heavy atom. The third kappa shape index (κ3) is 4.84. The Morgan fingerprint density at radius 3 is 2.58 bits per heavy atom. The van der Waals surface area contributed by atoms with E-state index in [-0.39, 0.29) is 44.0 Å². The first-order chi connectivity index (χ1) is 17.0. The molecule has 12 nitrogen and oxygen atoms in total. The van der Waals surface area contributed by atoms with Crippen LogP contribution in [0.15, 0.2) is 0 Å². The molecule has 2 saturated carbocycles.